The van der Waals surface area contributed by atoms with Gasteiger partial charge in [0.05, 0.1) is 10.8 Å². The van der Waals surface area contributed by atoms with Crippen LogP contribution in [0.3, 0.4) is 0 Å². The van der Waals surface area contributed by atoms with Crippen molar-refractivity contribution in [3.63, 3.8) is 0 Å². The standard InChI is InChI=1S/C18H20N2OS/c1-17(2)12-8-9-18(17,3)15(14(12)21)22-16-11-6-4-5-7-13(11)19-10-20-16/h4-7,10,12,15H,8-9H2,1-3H3/t12-,15-,18-/m1/s1. The van der Waals surface area contributed by atoms with Crippen LogP contribution in [0.15, 0.2) is 35.6 Å². The number of fused-ring (bicyclic) bond motifs is 3. The van der Waals surface area contributed by atoms with Crippen molar-refractivity contribution in [3.8, 4) is 0 Å². The van der Waals surface area contributed by atoms with Crippen molar-refractivity contribution in [3.05, 3.63) is 30.6 Å². The third-order valence-electron chi connectivity index (χ3n) is 6.21. The third kappa shape index (κ3) is 1.67. The molecular formula is C18H20N2OS. The van der Waals surface area contributed by atoms with Crippen LogP contribution in [0.25, 0.3) is 10.9 Å². The second kappa shape index (κ2) is 4.54. The summed E-state index contributed by atoms with van der Waals surface area (Å²) in [5, 5.41) is 2.00. The molecule has 2 aliphatic carbocycles. The van der Waals surface area contributed by atoms with E-state index in [2.05, 4.69) is 30.7 Å². The second-order valence-electron chi connectivity index (χ2n) is 7.33. The van der Waals surface area contributed by atoms with Crippen LogP contribution in [0.2, 0.25) is 0 Å². The Morgan fingerprint density at radius 3 is 2.68 bits per heavy atom. The van der Waals surface area contributed by atoms with E-state index in [-0.39, 0.29) is 22.0 Å². The summed E-state index contributed by atoms with van der Waals surface area (Å²) in [4.78, 5) is 21.7. The quantitative estimate of drug-likeness (QED) is 0.783. The maximum Gasteiger partial charge on any atom is 0.150 e. The molecule has 3 atom stereocenters. The van der Waals surface area contributed by atoms with E-state index >= 15 is 0 Å². The number of hydrogen-bond donors (Lipinski definition) is 0. The molecule has 22 heavy (non-hydrogen) atoms. The van der Waals surface area contributed by atoms with Gasteiger partial charge in [-0.25, -0.2) is 9.97 Å². The largest absolute Gasteiger partial charge is 0.298 e. The first-order chi connectivity index (χ1) is 10.4. The van der Waals surface area contributed by atoms with Gasteiger partial charge in [-0.2, -0.15) is 0 Å². The monoisotopic (exact) mass is 312 g/mol. The summed E-state index contributed by atoms with van der Waals surface area (Å²) < 4.78 is 0. The zero-order chi connectivity index (χ0) is 15.5. The summed E-state index contributed by atoms with van der Waals surface area (Å²) in [6.45, 7) is 6.82. The highest BCUT2D eigenvalue weighted by Crippen LogP contribution is 2.67. The molecule has 1 aromatic carbocycles. The van der Waals surface area contributed by atoms with Crippen LogP contribution in [0.5, 0.6) is 0 Å². The van der Waals surface area contributed by atoms with Gasteiger partial charge in [-0.15, -0.1) is 0 Å². The number of rotatable bonds is 2. The Bertz CT molecular complexity index is 767. The molecule has 0 unspecified atom stereocenters. The van der Waals surface area contributed by atoms with Crippen LogP contribution in [-0.4, -0.2) is 21.0 Å². The van der Waals surface area contributed by atoms with Crippen molar-refractivity contribution >= 4 is 28.4 Å². The molecular weight excluding hydrogens is 292 g/mol. The number of aromatic nitrogens is 2. The molecule has 2 bridgehead atoms. The fourth-order valence-electron chi connectivity index (χ4n) is 4.36. The van der Waals surface area contributed by atoms with Crippen molar-refractivity contribution in [2.75, 3.05) is 0 Å². The SMILES string of the molecule is CC1(C)[C@@H]2CC[C@]1(C)[C@H](Sc1ncnc3ccccc13)C2=O. The third-order valence-corrected chi connectivity index (χ3v) is 7.75. The summed E-state index contributed by atoms with van der Waals surface area (Å²) in [7, 11) is 0. The molecule has 1 heterocycles. The van der Waals surface area contributed by atoms with E-state index in [1.54, 1.807) is 18.1 Å². The van der Waals surface area contributed by atoms with Crippen molar-refractivity contribution in [2.45, 2.75) is 43.9 Å². The first-order valence-electron chi connectivity index (χ1n) is 7.85. The zero-order valence-electron chi connectivity index (χ0n) is 13.2. The topological polar surface area (TPSA) is 42.9 Å². The fourth-order valence-corrected chi connectivity index (χ4v) is 5.96. The Balaban J connectivity index is 1.76. The van der Waals surface area contributed by atoms with E-state index in [4.69, 9.17) is 0 Å². The van der Waals surface area contributed by atoms with Crippen molar-refractivity contribution in [2.24, 2.45) is 16.7 Å². The number of para-hydroxylation sites is 1. The van der Waals surface area contributed by atoms with E-state index in [1.165, 1.54) is 0 Å². The number of carbonyl (C=O) groups excluding carboxylic acids is 1. The van der Waals surface area contributed by atoms with Crippen molar-refractivity contribution in [1.29, 1.82) is 0 Å². The minimum Gasteiger partial charge on any atom is -0.298 e. The van der Waals surface area contributed by atoms with Crippen molar-refractivity contribution in [1.82, 2.24) is 9.97 Å². The molecule has 0 amide bonds. The van der Waals surface area contributed by atoms with Crippen molar-refractivity contribution < 1.29 is 4.79 Å². The molecule has 0 N–H and O–H groups in total. The average molecular weight is 312 g/mol. The van der Waals surface area contributed by atoms with Gasteiger partial charge in [0.2, 0.25) is 0 Å². The number of carbonyl (C=O) groups is 1. The lowest BCUT2D eigenvalue weighted by Gasteiger charge is -2.37. The molecule has 2 saturated carbocycles. The molecule has 1 aromatic heterocycles. The zero-order valence-corrected chi connectivity index (χ0v) is 14.0. The molecule has 0 saturated heterocycles. The lowest BCUT2D eigenvalue weighted by molar-refractivity contribution is -0.122. The minimum atomic E-state index is 0.0135. The van der Waals surface area contributed by atoms with Gasteiger partial charge < -0.3 is 0 Å². The molecule has 2 fully saturated rings. The fraction of sp³-hybridized carbons (Fsp3) is 0.500. The number of hydrogen-bond acceptors (Lipinski definition) is 4. The first-order valence-corrected chi connectivity index (χ1v) is 8.73. The van der Waals surface area contributed by atoms with Crippen LogP contribution in [-0.2, 0) is 4.79 Å². The van der Waals surface area contributed by atoms with Gasteiger partial charge in [0.15, 0.2) is 0 Å². The number of thioether (sulfide) groups is 1. The summed E-state index contributed by atoms with van der Waals surface area (Å²) in [5.41, 5.74) is 1.09. The maximum absolute atomic E-state index is 12.9. The van der Waals surface area contributed by atoms with E-state index in [0.717, 1.165) is 28.8 Å². The average Bonchev–Trinajstić information content (AvgIpc) is 2.81. The number of nitrogens with zero attached hydrogens (tertiary/aromatic N) is 2. The normalized spacial score (nSPS) is 32.8. The summed E-state index contributed by atoms with van der Waals surface area (Å²) in [5.74, 6) is 0.634. The number of benzene rings is 1. The van der Waals surface area contributed by atoms with Gasteiger partial charge in [-0.05, 0) is 29.7 Å². The van der Waals surface area contributed by atoms with E-state index < -0.39 is 0 Å². The predicted octanol–water partition coefficient (Wildman–Crippen LogP) is 4.12. The Morgan fingerprint density at radius 1 is 1.18 bits per heavy atom. The molecule has 0 aliphatic heterocycles. The minimum absolute atomic E-state index is 0.0135. The molecule has 0 radical (unpaired) electrons. The van der Waals surface area contributed by atoms with E-state index in [0.29, 0.717) is 5.78 Å². The Labute approximate surface area is 134 Å². The van der Waals surface area contributed by atoms with Crippen LogP contribution in [0.1, 0.15) is 33.6 Å². The number of Topliss-reactive ketones (excluding diaryl/α,β-unsaturated/α-hetero) is 1. The predicted molar refractivity (Wildman–Crippen MR) is 88.8 cm³/mol. The Kier molecular flexibility index (Phi) is 2.93. The van der Waals surface area contributed by atoms with E-state index in [9.17, 15) is 4.79 Å². The smallest absolute Gasteiger partial charge is 0.150 e. The van der Waals surface area contributed by atoms with Gasteiger partial charge in [0, 0.05) is 11.3 Å². The molecule has 2 aromatic rings. The van der Waals surface area contributed by atoms with Gasteiger partial charge in [-0.1, -0.05) is 50.7 Å². The van der Waals surface area contributed by atoms with Gasteiger partial charge in [0.1, 0.15) is 17.1 Å². The molecule has 4 rings (SSSR count). The highest BCUT2D eigenvalue weighted by molar-refractivity contribution is 8.00. The van der Waals surface area contributed by atoms with Crippen LogP contribution >= 0.6 is 11.8 Å². The van der Waals surface area contributed by atoms with Gasteiger partial charge in [-0.3, -0.25) is 4.79 Å². The first kappa shape index (κ1) is 14.2. The van der Waals surface area contributed by atoms with Gasteiger partial charge in [0.25, 0.3) is 0 Å². The lowest BCUT2D eigenvalue weighted by Crippen LogP contribution is -2.35. The van der Waals surface area contributed by atoms with E-state index in [1.807, 2.05) is 24.3 Å². The Morgan fingerprint density at radius 2 is 1.95 bits per heavy atom. The lowest BCUT2D eigenvalue weighted by atomic mass is 9.71. The second-order valence-corrected chi connectivity index (χ2v) is 8.42. The van der Waals surface area contributed by atoms with Crippen LogP contribution < -0.4 is 0 Å². The maximum atomic E-state index is 12.9. The van der Waals surface area contributed by atoms with Crippen LogP contribution in [0.4, 0.5) is 0 Å². The summed E-state index contributed by atoms with van der Waals surface area (Å²) in [6.07, 6.45) is 3.79. The molecule has 0 spiro atoms. The van der Waals surface area contributed by atoms with Crippen LogP contribution in [0, 0.1) is 16.7 Å². The molecule has 4 heteroatoms. The Hall–Kier alpha value is -1.42. The highest BCUT2D eigenvalue weighted by Gasteiger charge is 2.66. The summed E-state index contributed by atoms with van der Waals surface area (Å²) >= 11 is 1.65. The van der Waals surface area contributed by atoms with Gasteiger partial charge >= 0.3 is 0 Å². The molecule has 114 valence electrons. The molecule has 2 aliphatic rings. The summed E-state index contributed by atoms with van der Waals surface area (Å²) in [6, 6.07) is 8.03. The molecule has 3 nitrogen and oxygen atoms in total. The highest BCUT2D eigenvalue weighted by atomic mass is 32.2. The number of ketones is 1.